The number of ether oxygens (including phenoxy) is 6. The van der Waals surface area contributed by atoms with Crippen molar-refractivity contribution in [2.75, 3.05) is 45.9 Å². The Balaban J connectivity index is 1.12. The summed E-state index contributed by atoms with van der Waals surface area (Å²) in [5.41, 5.74) is 1.04. The Bertz CT molecular complexity index is 1020. The van der Waals surface area contributed by atoms with Gasteiger partial charge in [-0.3, -0.25) is 4.90 Å². The second-order valence-electron chi connectivity index (χ2n) is 10.8. The van der Waals surface area contributed by atoms with Gasteiger partial charge in [-0.25, -0.2) is 8.42 Å². The van der Waals surface area contributed by atoms with Crippen molar-refractivity contribution in [3.63, 3.8) is 0 Å². The average Bonchev–Trinajstić information content (AvgIpc) is 3.44. The standard InChI is InChI=1S/C25H38N2O8S/c1-17-6-8-18(9-7-17)36(28,29)27-12-10-26(11-13-27)14-15-30-23-22-21(34-25(4,5)35-22)20(32-23)19-16-31-24(2,3)33-19/h6-9,19-23H,10-16H2,1-5H3/t19?,20-,21+,22+,23+/m1/s1. The average molecular weight is 527 g/mol. The Kier molecular flexibility index (Phi) is 7.25. The van der Waals surface area contributed by atoms with Crippen molar-refractivity contribution in [2.24, 2.45) is 0 Å². The first-order valence-corrected chi connectivity index (χ1v) is 14.1. The van der Waals surface area contributed by atoms with Gasteiger partial charge < -0.3 is 28.4 Å². The monoisotopic (exact) mass is 526 g/mol. The van der Waals surface area contributed by atoms with E-state index in [1.165, 1.54) is 0 Å². The Hall–Kier alpha value is -1.15. The summed E-state index contributed by atoms with van der Waals surface area (Å²) in [6, 6.07) is 7.00. The molecule has 1 aromatic rings. The predicted octanol–water partition coefficient (Wildman–Crippen LogP) is 1.71. The lowest BCUT2D eigenvalue weighted by molar-refractivity contribution is -0.248. The van der Waals surface area contributed by atoms with E-state index >= 15 is 0 Å². The normalized spacial score (nSPS) is 34.8. The molecule has 4 heterocycles. The Morgan fingerprint density at radius 1 is 0.917 bits per heavy atom. The Labute approximate surface area is 213 Å². The third-order valence-electron chi connectivity index (χ3n) is 7.12. The Morgan fingerprint density at radius 3 is 2.22 bits per heavy atom. The van der Waals surface area contributed by atoms with Crippen molar-refractivity contribution >= 4 is 10.0 Å². The van der Waals surface area contributed by atoms with Crippen molar-refractivity contribution in [3.8, 4) is 0 Å². The van der Waals surface area contributed by atoms with E-state index in [1.807, 2.05) is 46.8 Å². The van der Waals surface area contributed by atoms with Gasteiger partial charge in [0.1, 0.15) is 24.4 Å². The topological polar surface area (TPSA) is 96.0 Å². The molecule has 0 bridgehead atoms. The number of hydrogen-bond donors (Lipinski definition) is 0. The van der Waals surface area contributed by atoms with E-state index in [2.05, 4.69) is 4.90 Å². The zero-order valence-electron chi connectivity index (χ0n) is 21.7. The molecule has 5 atom stereocenters. The molecular weight excluding hydrogens is 488 g/mol. The molecule has 5 rings (SSSR count). The number of fused-ring (bicyclic) bond motifs is 1. The number of hydrogen-bond acceptors (Lipinski definition) is 9. The first-order valence-electron chi connectivity index (χ1n) is 12.7. The fraction of sp³-hybridized carbons (Fsp3) is 0.760. The minimum atomic E-state index is -3.48. The third-order valence-corrected chi connectivity index (χ3v) is 9.04. The van der Waals surface area contributed by atoms with Crippen LogP contribution < -0.4 is 0 Å². The van der Waals surface area contributed by atoms with E-state index in [1.54, 1.807) is 16.4 Å². The van der Waals surface area contributed by atoms with Gasteiger partial charge in [-0.05, 0) is 46.8 Å². The summed E-state index contributed by atoms with van der Waals surface area (Å²) in [5.74, 6) is -1.39. The van der Waals surface area contributed by atoms with E-state index in [-0.39, 0.29) is 24.4 Å². The smallest absolute Gasteiger partial charge is 0.243 e. The summed E-state index contributed by atoms with van der Waals surface area (Å²) in [7, 11) is -3.48. The fourth-order valence-electron chi connectivity index (χ4n) is 5.25. The molecule has 0 amide bonds. The summed E-state index contributed by atoms with van der Waals surface area (Å²) in [4.78, 5) is 2.55. The first-order chi connectivity index (χ1) is 16.9. The lowest BCUT2D eigenvalue weighted by Crippen LogP contribution is -2.49. The van der Waals surface area contributed by atoms with Crippen LogP contribution in [0.3, 0.4) is 0 Å². The molecule has 0 spiro atoms. The predicted molar refractivity (Wildman–Crippen MR) is 130 cm³/mol. The van der Waals surface area contributed by atoms with Crippen molar-refractivity contribution in [2.45, 2.75) is 81.8 Å². The molecular formula is C25H38N2O8S. The van der Waals surface area contributed by atoms with Crippen LogP contribution in [0.2, 0.25) is 0 Å². The van der Waals surface area contributed by atoms with Gasteiger partial charge in [0.15, 0.2) is 17.9 Å². The van der Waals surface area contributed by atoms with Gasteiger partial charge in [0.25, 0.3) is 0 Å². The van der Waals surface area contributed by atoms with Crippen LogP contribution in [-0.4, -0.2) is 106 Å². The van der Waals surface area contributed by atoms with Crippen LogP contribution in [0, 0.1) is 6.92 Å². The quantitative estimate of drug-likeness (QED) is 0.526. The highest BCUT2D eigenvalue weighted by molar-refractivity contribution is 7.89. The maximum Gasteiger partial charge on any atom is 0.243 e. The molecule has 4 saturated heterocycles. The van der Waals surface area contributed by atoms with Gasteiger partial charge >= 0.3 is 0 Å². The summed E-state index contributed by atoms with van der Waals surface area (Å²) in [5, 5.41) is 0. The van der Waals surface area contributed by atoms with Crippen LogP contribution in [0.1, 0.15) is 33.3 Å². The largest absolute Gasteiger partial charge is 0.349 e. The minimum absolute atomic E-state index is 0.262. The van der Waals surface area contributed by atoms with E-state index < -0.39 is 27.9 Å². The number of aryl methyl sites for hydroxylation is 1. The maximum atomic E-state index is 13.0. The molecule has 4 aliphatic heterocycles. The van der Waals surface area contributed by atoms with Gasteiger partial charge in [-0.2, -0.15) is 4.31 Å². The second kappa shape index (κ2) is 9.87. The zero-order valence-corrected chi connectivity index (χ0v) is 22.5. The van der Waals surface area contributed by atoms with Gasteiger partial charge in [0.05, 0.1) is 18.1 Å². The van der Waals surface area contributed by atoms with Crippen molar-refractivity contribution in [1.29, 1.82) is 0 Å². The molecule has 0 N–H and O–H groups in total. The van der Waals surface area contributed by atoms with E-state index in [4.69, 9.17) is 28.4 Å². The first kappa shape index (κ1) is 26.5. The van der Waals surface area contributed by atoms with Crippen molar-refractivity contribution < 1.29 is 36.8 Å². The van der Waals surface area contributed by atoms with Crippen molar-refractivity contribution in [1.82, 2.24) is 9.21 Å². The number of nitrogens with zero attached hydrogens (tertiary/aromatic N) is 2. The lowest BCUT2D eigenvalue weighted by Gasteiger charge is -2.34. The number of piperazine rings is 1. The molecule has 11 heteroatoms. The van der Waals surface area contributed by atoms with Crippen LogP contribution in [0.4, 0.5) is 0 Å². The number of rotatable bonds is 7. The van der Waals surface area contributed by atoms with Gasteiger partial charge in [0, 0.05) is 32.7 Å². The second-order valence-corrected chi connectivity index (χ2v) is 12.8. The van der Waals surface area contributed by atoms with Crippen LogP contribution in [0.25, 0.3) is 0 Å². The molecule has 4 aliphatic rings. The summed E-state index contributed by atoms with van der Waals surface area (Å²) in [6.07, 6.45) is -1.84. The molecule has 1 aromatic carbocycles. The third kappa shape index (κ3) is 5.50. The van der Waals surface area contributed by atoms with E-state index in [9.17, 15) is 8.42 Å². The number of sulfonamides is 1. The molecule has 0 aliphatic carbocycles. The summed E-state index contributed by atoms with van der Waals surface area (Å²) >= 11 is 0. The lowest BCUT2D eigenvalue weighted by atomic mass is 10.1. The summed E-state index contributed by atoms with van der Waals surface area (Å²) in [6.45, 7) is 13.2. The summed E-state index contributed by atoms with van der Waals surface area (Å²) < 4.78 is 63.8. The van der Waals surface area contributed by atoms with Crippen LogP contribution in [-0.2, 0) is 38.4 Å². The minimum Gasteiger partial charge on any atom is -0.349 e. The van der Waals surface area contributed by atoms with E-state index in [0.717, 1.165) is 5.56 Å². The van der Waals surface area contributed by atoms with Crippen LogP contribution >= 0.6 is 0 Å². The van der Waals surface area contributed by atoms with Crippen molar-refractivity contribution in [3.05, 3.63) is 29.8 Å². The fourth-order valence-corrected chi connectivity index (χ4v) is 6.68. The maximum absolute atomic E-state index is 13.0. The molecule has 10 nitrogen and oxygen atoms in total. The van der Waals surface area contributed by atoms with Gasteiger partial charge in [-0.1, -0.05) is 17.7 Å². The van der Waals surface area contributed by atoms with Gasteiger partial charge in [-0.15, -0.1) is 0 Å². The zero-order chi connectivity index (χ0) is 25.7. The SMILES string of the molecule is Cc1ccc(S(=O)(=O)N2CCN(CCO[C@H]3O[C@H](C4COC(C)(C)O4)[C@@H]4OC(C)(C)O[C@H]34)CC2)cc1. The molecule has 0 saturated carbocycles. The highest BCUT2D eigenvalue weighted by Gasteiger charge is 2.59. The Morgan fingerprint density at radius 2 is 1.58 bits per heavy atom. The highest BCUT2D eigenvalue weighted by atomic mass is 32.2. The molecule has 36 heavy (non-hydrogen) atoms. The van der Waals surface area contributed by atoms with E-state index in [0.29, 0.717) is 50.8 Å². The number of benzene rings is 1. The molecule has 0 radical (unpaired) electrons. The van der Waals surface area contributed by atoms with Gasteiger partial charge in [0.2, 0.25) is 10.0 Å². The molecule has 0 aromatic heterocycles. The molecule has 202 valence electrons. The highest BCUT2D eigenvalue weighted by Crippen LogP contribution is 2.42. The molecule has 4 fully saturated rings. The van der Waals surface area contributed by atoms with Crippen LogP contribution in [0.15, 0.2) is 29.2 Å². The molecule has 1 unspecified atom stereocenters. The van der Waals surface area contributed by atoms with Crippen LogP contribution in [0.5, 0.6) is 0 Å².